The van der Waals surface area contributed by atoms with E-state index in [4.69, 9.17) is 14.7 Å². The second-order valence-electron chi connectivity index (χ2n) is 13.1. The molecule has 0 bridgehead atoms. The highest BCUT2D eigenvalue weighted by Gasteiger charge is 2.46. The first-order valence-electron chi connectivity index (χ1n) is 14.6. The Morgan fingerprint density at radius 3 is 2.60 bits per heavy atom. The molecule has 6 rings (SSSR count). The maximum atomic E-state index is 13.3. The number of hydrogen-bond donors (Lipinski definition) is 1. The van der Waals surface area contributed by atoms with Gasteiger partial charge in [-0.05, 0) is 75.9 Å². The van der Waals surface area contributed by atoms with Gasteiger partial charge in [0.1, 0.15) is 11.0 Å². The van der Waals surface area contributed by atoms with Crippen LogP contribution in [0, 0.1) is 11.3 Å². The molecule has 1 fully saturated rings. The molecule has 43 heavy (non-hydrogen) atoms. The van der Waals surface area contributed by atoms with E-state index in [1.807, 2.05) is 58.0 Å². The first kappa shape index (κ1) is 28.4. The molecule has 11 nitrogen and oxygen atoms in total. The predicted molar refractivity (Wildman–Crippen MR) is 163 cm³/mol. The van der Waals surface area contributed by atoms with Gasteiger partial charge in [0.25, 0.3) is 5.56 Å². The van der Waals surface area contributed by atoms with Crippen LogP contribution in [0.5, 0.6) is 0 Å². The molecule has 1 aliphatic heterocycles. The first-order chi connectivity index (χ1) is 20.3. The van der Waals surface area contributed by atoms with Gasteiger partial charge in [-0.2, -0.15) is 10.2 Å². The van der Waals surface area contributed by atoms with Gasteiger partial charge in [-0.25, -0.2) is 24.1 Å². The van der Waals surface area contributed by atoms with Crippen LogP contribution in [0.4, 0.5) is 16.4 Å². The quantitative estimate of drug-likeness (QED) is 0.335. The Bertz CT molecular complexity index is 1850. The fourth-order valence-electron chi connectivity index (χ4n) is 5.84. The zero-order chi connectivity index (χ0) is 30.7. The maximum Gasteiger partial charge on any atom is 0.410 e. The van der Waals surface area contributed by atoms with Gasteiger partial charge < -0.3 is 15.0 Å². The Labute approximate surface area is 250 Å². The van der Waals surface area contributed by atoms with Crippen molar-refractivity contribution in [2.75, 3.05) is 11.9 Å². The zero-order valence-corrected chi connectivity index (χ0v) is 25.4. The molecule has 4 aromatic rings. The summed E-state index contributed by atoms with van der Waals surface area (Å²) in [6, 6.07) is 14.0. The number of pyridine rings is 1. The van der Waals surface area contributed by atoms with E-state index in [0.717, 1.165) is 24.1 Å². The predicted octanol–water partition coefficient (Wildman–Crippen LogP) is 5.32. The number of hydrogen-bond acceptors (Lipinski definition) is 8. The number of fused-ring (bicyclic) bond motifs is 2. The molecule has 0 radical (unpaired) electrons. The van der Waals surface area contributed by atoms with Crippen molar-refractivity contribution in [3.63, 3.8) is 0 Å². The molecule has 1 aliphatic carbocycles. The highest BCUT2D eigenvalue weighted by Crippen LogP contribution is 2.46. The van der Waals surface area contributed by atoms with E-state index in [2.05, 4.69) is 36.3 Å². The molecule has 222 valence electrons. The number of benzene rings is 1. The highest BCUT2D eigenvalue weighted by molar-refractivity contribution is 5.77. The lowest BCUT2D eigenvalue weighted by molar-refractivity contribution is 0.0174. The number of nitrogens with one attached hydrogen (secondary N) is 1. The third-order valence-electron chi connectivity index (χ3n) is 8.07. The standard InChI is InChI=1S/C32H36N8O3/c1-7-39-27(41)22-16-34-28(37-26(22)40(39)25-10-8-9-24(36-25)32(18-33)13-14-32)35-21-11-12-23-20(15-21)17-38(19-31(23,5)6)29(42)43-30(2,3)4/h8-12,15-16H,7,13-14,17,19H2,1-6H3,(H,34,35,37). The molecule has 0 saturated heterocycles. The van der Waals surface area contributed by atoms with Crippen molar-refractivity contribution < 1.29 is 9.53 Å². The summed E-state index contributed by atoms with van der Waals surface area (Å²) in [5.74, 6) is 0.844. The van der Waals surface area contributed by atoms with Crippen molar-refractivity contribution in [1.29, 1.82) is 5.26 Å². The van der Waals surface area contributed by atoms with Crippen molar-refractivity contribution in [2.24, 2.45) is 0 Å². The zero-order valence-electron chi connectivity index (χ0n) is 25.4. The summed E-state index contributed by atoms with van der Waals surface area (Å²) in [5, 5.41) is 13.4. The lowest BCUT2D eigenvalue weighted by Crippen LogP contribution is -2.46. The van der Waals surface area contributed by atoms with Crippen LogP contribution in [0.2, 0.25) is 0 Å². The van der Waals surface area contributed by atoms with Gasteiger partial charge in [0.15, 0.2) is 11.5 Å². The minimum absolute atomic E-state index is 0.212. The number of aromatic nitrogens is 5. The van der Waals surface area contributed by atoms with E-state index in [1.54, 1.807) is 14.3 Å². The molecule has 1 aromatic carbocycles. The number of anilines is 2. The first-order valence-corrected chi connectivity index (χ1v) is 14.6. The maximum absolute atomic E-state index is 13.3. The summed E-state index contributed by atoms with van der Waals surface area (Å²) < 4.78 is 8.94. The second kappa shape index (κ2) is 9.93. The van der Waals surface area contributed by atoms with Crippen LogP contribution in [-0.2, 0) is 28.7 Å². The molecule has 3 aromatic heterocycles. The van der Waals surface area contributed by atoms with Crippen LogP contribution < -0.4 is 10.9 Å². The topological polar surface area (TPSA) is 131 Å². The van der Waals surface area contributed by atoms with Crippen LogP contribution in [0.1, 0.15) is 71.2 Å². The van der Waals surface area contributed by atoms with E-state index in [1.165, 1.54) is 11.8 Å². The minimum atomic E-state index is -0.579. The minimum Gasteiger partial charge on any atom is -0.444 e. The fourth-order valence-corrected chi connectivity index (χ4v) is 5.84. The summed E-state index contributed by atoms with van der Waals surface area (Å²) in [6.07, 6.45) is 2.74. The molecular formula is C32H36N8O3. The van der Waals surface area contributed by atoms with Gasteiger partial charge in [0, 0.05) is 36.9 Å². The number of carbonyl (C=O) groups is 1. The molecule has 4 heterocycles. The molecule has 11 heteroatoms. The third kappa shape index (κ3) is 5.11. The Morgan fingerprint density at radius 2 is 1.93 bits per heavy atom. The number of nitriles is 1. The summed E-state index contributed by atoms with van der Waals surface area (Å²) in [4.78, 5) is 42.0. The van der Waals surface area contributed by atoms with Crippen molar-refractivity contribution in [3.05, 3.63) is 69.8 Å². The van der Waals surface area contributed by atoms with Gasteiger partial charge in [0.05, 0.1) is 17.2 Å². The smallest absolute Gasteiger partial charge is 0.410 e. The Balaban J connectivity index is 1.35. The largest absolute Gasteiger partial charge is 0.444 e. The van der Waals surface area contributed by atoms with Gasteiger partial charge in [-0.3, -0.25) is 4.79 Å². The Morgan fingerprint density at radius 1 is 1.16 bits per heavy atom. The van der Waals surface area contributed by atoms with Gasteiger partial charge in [-0.15, -0.1) is 0 Å². The van der Waals surface area contributed by atoms with E-state index in [-0.39, 0.29) is 17.1 Å². The van der Waals surface area contributed by atoms with Crippen LogP contribution in [0.3, 0.4) is 0 Å². The lowest BCUT2D eigenvalue weighted by Gasteiger charge is -2.40. The Kier molecular flexibility index (Phi) is 6.56. The summed E-state index contributed by atoms with van der Waals surface area (Å²) in [7, 11) is 0. The van der Waals surface area contributed by atoms with Crippen molar-refractivity contribution in [3.8, 4) is 11.9 Å². The summed E-state index contributed by atoms with van der Waals surface area (Å²) in [5.41, 5.74) is 2.45. The summed E-state index contributed by atoms with van der Waals surface area (Å²) >= 11 is 0. The molecule has 0 atom stereocenters. The van der Waals surface area contributed by atoms with Crippen LogP contribution in [0.15, 0.2) is 47.4 Å². The van der Waals surface area contributed by atoms with Crippen molar-refractivity contribution >= 4 is 28.8 Å². The average Bonchev–Trinajstić information content (AvgIpc) is 3.70. The molecular weight excluding hydrogens is 544 g/mol. The Hall–Kier alpha value is -4.72. The normalized spacial score (nSPS) is 16.8. The fraction of sp³-hybridized carbons (Fsp3) is 0.438. The number of amides is 1. The monoisotopic (exact) mass is 580 g/mol. The SMILES string of the molecule is CCn1c(=O)c2cnc(Nc3ccc4c(c3)CN(C(=O)OC(C)(C)C)CC4(C)C)nc2n1-c1cccc(C2(C#N)CC2)n1. The van der Waals surface area contributed by atoms with Crippen LogP contribution in [0.25, 0.3) is 16.9 Å². The van der Waals surface area contributed by atoms with Gasteiger partial charge >= 0.3 is 6.09 Å². The van der Waals surface area contributed by atoms with E-state index in [0.29, 0.717) is 48.1 Å². The van der Waals surface area contributed by atoms with Crippen molar-refractivity contribution in [1.82, 2.24) is 29.2 Å². The number of ether oxygens (including phenoxy) is 1. The molecule has 2 aliphatic rings. The van der Waals surface area contributed by atoms with Crippen molar-refractivity contribution in [2.45, 2.75) is 83.9 Å². The lowest BCUT2D eigenvalue weighted by atomic mass is 9.78. The van der Waals surface area contributed by atoms with Gasteiger partial charge in [0.2, 0.25) is 5.95 Å². The number of rotatable bonds is 5. The molecule has 0 unspecified atom stereocenters. The highest BCUT2D eigenvalue weighted by atomic mass is 16.6. The van der Waals surface area contributed by atoms with Crippen LogP contribution in [-0.4, -0.2) is 47.5 Å². The third-order valence-corrected chi connectivity index (χ3v) is 8.07. The average molecular weight is 581 g/mol. The van der Waals surface area contributed by atoms with E-state index in [9.17, 15) is 14.9 Å². The number of nitrogens with zero attached hydrogens (tertiary/aromatic N) is 7. The van der Waals surface area contributed by atoms with Gasteiger partial charge in [-0.1, -0.05) is 26.0 Å². The molecule has 1 N–H and O–H groups in total. The number of carbonyl (C=O) groups excluding carboxylic acids is 1. The molecule has 1 saturated carbocycles. The molecule has 1 amide bonds. The molecule has 0 spiro atoms. The summed E-state index contributed by atoms with van der Waals surface area (Å²) in [6.45, 7) is 13.1. The van der Waals surface area contributed by atoms with Crippen LogP contribution >= 0.6 is 0 Å². The van der Waals surface area contributed by atoms with E-state index < -0.39 is 11.0 Å². The second-order valence-corrected chi connectivity index (χ2v) is 13.1. The van der Waals surface area contributed by atoms with E-state index >= 15 is 0 Å².